The highest BCUT2D eigenvalue weighted by Gasteiger charge is 2.02. The topological polar surface area (TPSA) is 109 Å². The van der Waals surface area contributed by atoms with Crippen LogP contribution in [-0.2, 0) is 52.2 Å². The molecule has 0 saturated heterocycles. The fourth-order valence-electron chi connectivity index (χ4n) is 3.14. The Morgan fingerprint density at radius 1 is 0.463 bits per heavy atom. The molecular formula is C30H60O11. The van der Waals surface area contributed by atoms with Crippen molar-refractivity contribution in [2.24, 2.45) is 5.92 Å². The Hall–Kier alpha value is -0.890. The molecule has 246 valence electrons. The van der Waals surface area contributed by atoms with Crippen molar-refractivity contribution in [1.29, 1.82) is 0 Å². The van der Waals surface area contributed by atoms with Crippen LogP contribution in [0.15, 0.2) is 0 Å². The van der Waals surface area contributed by atoms with Crippen LogP contribution in [-0.4, -0.2) is 132 Å². The molecule has 0 spiro atoms. The Labute approximate surface area is 249 Å². The third-order valence-corrected chi connectivity index (χ3v) is 5.80. The van der Waals surface area contributed by atoms with Crippen molar-refractivity contribution >= 4 is 5.97 Å². The van der Waals surface area contributed by atoms with E-state index in [0.29, 0.717) is 125 Å². The number of esters is 1. The highest BCUT2D eigenvalue weighted by Crippen LogP contribution is 2.03. The minimum absolute atomic E-state index is 0.149. The average Bonchev–Trinajstić information content (AvgIpc) is 2.98. The van der Waals surface area contributed by atoms with Crippen molar-refractivity contribution in [2.45, 2.75) is 59.3 Å². The second-order valence-electron chi connectivity index (χ2n) is 9.52. The van der Waals surface area contributed by atoms with Crippen molar-refractivity contribution in [3.8, 4) is 0 Å². The fourth-order valence-corrected chi connectivity index (χ4v) is 3.14. The third-order valence-electron chi connectivity index (χ3n) is 5.80. The summed E-state index contributed by atoms with van der Waals surface area (Å²) in [6.07, 6.45) is 5.91. The predicted octanol–water partition coefficient (Wildman–Crippen LogP) is 3.70. The van der Waals surface area contributed by atoms with Gasteiger partial charge in [-0.15, -0.1) is 0 Å². The first-order chi connectivity index (χ1) is 20.2. The first-order valence-corrected chi connectivity index (χ1v) is 15.6. The molecule has 0 bridgehead atoms. The standard InChI is InChI=1S/C30H60O11/c1-4-6-7-8-9-30(31)41-27-26-39-23-22-37-19-18-35-15-14-33-11-10-32-12-13-34-16-17-36-20-21-38-24-25-40-28-29(3)5-2/h29H,4-28H2,1-3H3. The largest absolute Gasteiger partial charge is 0.463 e. The van der Waals surface area contributed by atoms with Gasteiger partial charge in [-0.25, -0.2) is 0 Å². The monoisotopic (exact) mass is 596 g/mol. The predicted molar refractivity (Wildman–Crippen MR) is 157 cm³/mol. The number of carbonyl (C=O) groups is 1. The van der Waals surface area contributed by atoms with Gasteiger partial charge in [-0.1, -0.05) is 46.5 Å². The molecule has 11 nitrogen and oxygen atoms in total. The molecule has 0 aliphatic carbocycles. The minimum Gasteiger partial charge on any atom is -0.463 e. The maximum Gasteiger partial charge on any atom is 0.305 e. The van der Waals surface area contributed by atoms with Crippen molar-refractivity contribution in [2.75, 3.05) is 126 Å². The van der Waals surface area contributed by atoms with Gasteiger partial charge < -0.3 is 47.4 Å². The van der Waals surface area contributed by atoms with E-state index in [9.17, 15) is 4.79 Å². The van der Waals surface area contributed by atoms with Gasteiger partial charge in [-0.05, 0) is 12.3 Å². The average molecular weight is 597 g/mol. The van der Waals surface area contributed by atoms with Crippen LogP contribution in [0, 0.1) is 5.92 Å². The Morgan fingerprint density at radius 2 is 0.805 bits per heavy atom. The molecule has 0 radical (unpaired) electrons. The molecule has 0 aliphatic rings. The summed E-state index contributed by atoms with van der Waals surface area (Å²) in [4.78, 5) is 11.5. The minimum atomic E-state index is -0.149. The molecule has 0 saturated carbocycles. The summed E-state index contributed by atoms with van der Waals surface area (Å²) >= 11 is 0. The fraction of sp³-hybridized carbons (Fsp3) is 0.967. The zero-order valence-electron chi connectivity index (χ0n) is 26.2. The maximum absolute atomic E-state index is 11.5. The van der Waals surface area contributed by atoms with Gasteiger partial charge in [0, 0.05) is 13.0 Å². The second-order valence-corrected chi connectivity index (χ2v) is 9.52. The maximum atomic E-state index is 11.5. The van der Waals surface area contributed by atoms with Gasteiger partial charge in [0.1, 0.15) is 6.61 Å². The second kappa shape index (κ2) is 35.3. The number of rotatable bonds is 35. The van der Waals surface area contributed by atoms with Crippen molar-refractivity contribution in [3.63, 3.8) is 0 Å². The molecule has 0 aromatic rings. The van der Waals surface area contributed by atoms with E-state index in [2.05, 4.69) is 20.8 Å². The quantitative estimate of drug-likeness (QED) is 0.0789. The van der Waals surface area contributed by atoms with Crippen LogP contribution in [0.4, 0.5) is 0 Å². The van der Waals surface area contributed by atoms with Gasteiger partial charge >= 0.3 is 5.97 Å². The van der Waals surface area contributed by atoms with Crippen molar-refractivity contribution in [3.05, 3.63) is 0 Å². The summed E-state index contributed by atoms with van der Waals surface area (Å²) in [5.74, 6) is 0.449. The Kier molecular flexibility index (Phi) is 34.5. The number of ether oxygens (including phenoxy) is 10. The summed E-state index contributed by atoms with van der Waals surface area (Å²) < 4.78 is 54.3. The van der Waals surface area contributed by atoms with Gasteiger partial charge in [0.2, 0.25) is 0 Å². The van der Waals surface area contributed by atoms with Crippen molar-refractivity contribution < 1.29 is 52.2 Å². The molecule has 0 aliphatic heterocycles. The molecule has 0 amide bonds. The van der Waals surface area contributed by atoms with Crippen LogP contribution < -0.4 is 0 Å². The molecule has 41 heavy (non-hydrogen) atoms. The zero-order chi connectivity index (χ0) is 29.9. The van der Waals surface area contributed by atoms with E-state index in [1.807, 2.05) is 0 Å². The first kappa shape index (κ1) is 40.1. The summed E-state index contributed by atoms with van der Waals surface area (Å²) in [5.41, 5.74) is 0. The van der Waals surface area contributed by atoms with Crippen LogP contribution in [0.3, 0.4) is 0 Å². The van der Waals surface area contributed by atoms with E-state index in [0.717, 1.165) is 38.7 Å². The normalized spacial score (nSPS) is 12.2. The molecule has 0 fully saturated rings. The third kappa shape index (κ3) is 35.2. The Bertz CT molecular complexity index is 511. The van der Waals surface area contributed by atoms with E-state index in [-0.39, 0.29) is 12.6 Å². The summed E-state index contributed by atoms with van der Waals surface area (Å²) in [7, 11) is 0. The van der Waals surface area contributed by atoms with Crippen LogP contribution in [0.5, 0.6) is 0 Å². The number of unbranched alkanes of at least 4 members (excludes halogenated alkanes) is 3. The van der Waals surface area contributed by atoms with E-state index in [1.54, 1.807) is 0 Å². The lowest BCUT2D eigenvalue weighted by molar-refractivity contribution is -0.145. The Balaban J connectivity index is 3.09. The zero-order valence-corrected chi connectivity index (χ0v) is 26.2. The molecule has 0 aromatic carbocycles. The highest BCUT2D eigenvalue weighted by molar-refractivity contribution is 5.69. The van der Waals surface area contributed by atoms with Gasteiger partial charge in [0.05, 0.1) is 112 Å². The molecule has 0 N–H and O–H groups in total. The molecule has 11 heteroatoms. The lowest BCUT2D eigenvalue weighted by Gasteiger charge is -2.10. The van der Waals surface area contributed by atoms with E-state index in [4.69, 9.17) is 47.4 Å². The number of hydrogen-bond acceptors (Lipinski definition) is 11. The lowest BCUT2D eigenvalue weighted by atomic mass is 10.1. The summed E-state index contributed by atoms with van der Waals surface area (Å²) in [6.45, 7) is 16.3. The van der Waals surface area contributed by atoms with Gasteiger partial charge in [-0.3, -0.25) is 4.79 Å². The van der Waals surface area contributed by atoms with Crippen LogP contribution >= 0.6 is 0 Å². The smallest absolute Gasteiger partial charge is 0.305 e. The Morgan fingerprint density at radius 3 is 1.15 bits per heavy atom. The van der Waals surface area contributed by atoms with E-state index < -0.39 is 0 Å². The molecule has 0 heterocycles. The van der Waals surface area contributed by atoms with Gasteiger partial charge in [0.25, 0.3) is 0 Å². The first-order valence-electron chi connectivity index (χ1n) is 15.6. The van der Waals surface area contributed by atoms with E-state index in [1.165, 1.54) is 0 Å². The van der Waals surface area contributed by atoms with Gasteiger partial charge in [-0.2, -0.15) is 0 Å². The van der Waals surface area contributed by atoms with Crippen LogP contribution in [0.2, 0.25) is 0 Å². The summed E-state index contributed by atoms with van der Waals surface area (Å²) in [6, 6.07) is 0. The van der Waals surface area contributed by atoms with Crippen molar-refractivity contribution in [1.82, 2.24) is 0 Å². The summed E-state index contributed by atoms with van der Waals surface area (Å²) in [5, 5.41) is 0. The van der Waals surface area contributed by atoms with Gasteiger partial charge in [0.15, 0.2) is 0 Å². The SMILES string of the molecule is CCCCCCC(=O)OCCOCCOCCOCCOCCOCCOCCOCCOCCOCC(C)CC. The molecule has 0 aromatic heterocycles. The number of carbonyl (C=O) groups excluding carboxylic acids is 1. The highest BCUT2D eigenvalue weighted by atomic mass is 16.6. The number of hydrogen-bond donors (Lipinski definition) is 0. The molecule has 1 atom stereocenters. The molecule has 1 unspecified atom stereocenters. The molecule has 0 rings (SSSR count). The van der Waals surface area contributed by atoms with E-state index >= 15 is 0 Å². The van der Waals surface area contributed by atoms with Crippen LogP contribution in [0.25, 0.3) is 0 Å². The van der Waals surface area contributed by atoms with Crippen LogP contribution in [0.1, 0.15) is 59.3 Å². The lowest BCUT2D eigenvalue weighted by Crippen LogP contribution is -2.15. The molecular weight excluding hydrogens is 536 g/mol.